The number of carbonyl (C=O) groups is 1. The van der Waals surface area contributed by atoms with Crippen LogP contribution in [0.4, 0.5) is 5.69 Å². The number of benzene rings is 1. The number of anilines is 1. The van der Waals surface area contributed by atoms with E-state index < -0.39 is 5.97 Å². The van der Waals surface area contributed by atoms with Gasteiger partial charge in [0, 0.05) is 24.9 Å². The van der Waals surface area contributed by atoms with Gasteiger partial charge in [-0.15, -0.1) is 0 Å². The maximum absolute atomic E-state index is 10.5. The Labute approximate surface area is 108 Å². The molecule has 1 aromatic carbocycles. The fourth-order valence-electron chi connectivity index (χ4n) is 2.21. The zero-order chi connectivity index (χ0) is 13.1. The van der Waals surface area contributed by atoms with Gasteiger partial charge in [0.25, 0.3) is 0 Å². The van der Waals surface area contributed by atoms with Crippen LogP contribution in [0.3, 0.4) is 0 Å². The van der Waals surface area contributed by atoms with Crippen LogP contribution in [0.2, 0.25) is 0 Å². The number of nitrogens with zero attached hydrogens (tertiary/aromatic N) is 1. The van der Waals surface area contributed by atoms with Gasteiger partial charge in [-0.1, -0.05) is 6.07 Å². The molecule has 3 nitrogen and oxygen atoms in total. The minimum atomic E-state index is -0.912. The molecule has 3 heteroatoms. The van der Waals surface area contributed by atoms with Crippen molar-refractivity contribution in [2.75, 3.05) is 11.9 Å². The van der Waals surface area contributed by atoms with E-state index in [1.165, 1.54) is 31.0 Å². The van der Waals surface area contributed by atoms with Crippen molar-refractivity contribution < 1.29 is 9.90 Å². The van der Waals surface area contributed by atoms with Crippen LogP contribution >= 0.6 is 0 Å². The Balaban J connectivity index is 2.16. The normalized spacial score (nSPS) is 15.7. The van der Waals surface area contributed by atoms with Gasteiger partial charge < -0.3 is 10.0 Å². The topological polar surface area (TPSA) is 40.5 Å². The molecule has 18 heavy (non-hydrogen) atoms. The molecule has 0 aliphatic heterocycles. The predicted molar refractivity (Wildman–Crippen MR) is 73.9 cm³/mol. The third kappa shape index (κ3) is 2.73. The molecule has 0 bridgehead atoms. The molecule has 0 heterocycles. The van der Waals surface area contributed by atoms with Crippen LogP contribution in [0.5, 0.6) is 0 Å². The Kier molecular flexibility index (Phi) is 3.70. The lowest BCUT2D eigenvalue weighted by molar-refractivity contribution is -0.131. The first-order valence-corrected chi connectivity index (χ1v) is 6.32. The fourth-order valence-corrected chi connectivity index (χ4v) is 2.21. The first kappa shape index (κ1) is 12.7. The first-order valence-electron chi connectivity index (χ1n) is 6.32. The van der Waals surface area contributed by atoms with Crippen molar-refractivity contribution in [3.05, 3.63) is 35.4 Å². The number of rotatable bonds is 4. The molecule has 0 atom stereocenters. The van der Waals surface area contributed by atoms with Crippen LogP contribution in [-0.4, -0.2) is 24.2 Å². The minimum Gasteiger partial charge on any atom is -0.478 e. The van der Waals surface area contributed by atoms with E-state index in [1.54, 1.807) is 6.08 Å². The molecule has 0 spiro atoms. The molecule has 96 valence electrons. The number of carboxylic acids is 1. The highest BCUT2D eigenvalue weighted by molar-refractivity contribution is 5.85. The Bertz CT molecular complexity index is 475. The van der Waals surface area contributed by atoms with Crippen molar-refractivity contribution in [2.45, 2.75) is 32.2 Å². The maximum Gasteiger partial charge on any atom is 0.328 e. The summed E-state index contributed by atoms with van der Waals surface area (Å²) in [6, 6.07) is 6.84. The second kappa shape index (κ2) is 5.25. The van der Waals surface area contributed by atoms with E-state index in [0.717, 1.165) is 11.1 Å². The van der Waals surface area contributed by atoms with Gasteiger partial charge in [-0.2, -0.15) is 0 Å². The molecule has 1 aromatic rings. The van der Waals surface area contributed by atoms with Crippen molar-refractivity contribution in [1.82, 2.24) is 0 Å². The maximum atomic E-state index is 10.5. The van der Waals surface area contributed by atoms with Crippen molar-refractivity contribution >= 4 is 17.7 Å². The highest BCUT2D eigenvalue weighted by Gasteiger charge is 2.22. The number of aliphatic carboxylic acids is 1. The molecule has 2 rings (SSSR count). The van der Waals surface area contributed by atoms with E-state index in [9.17, 15) is 4.79 Å². The molecule has 0 aromatic heterocycles. The largest absolute Gasteiger partial charge is 0.478 e. The Morgan fingerprint density at radius 3 is 2.67 bits per heavy atom. The lowest BCUT2D eigenvalue weighted by atomic mass is 9.91. The van der Waals surface area contributed by atoms with Gasteiger partial charge in [-0.05, 0) is 55.5 Å². The van der Waals surface area contributed by atoms with Gasteiger partial charge in [0.05, 0.1) is 0 Å². The van der Waals surface area contributed by atoms with Gasteiger partial charge in [0.1, 0.15) is 0 Å². The van der Waals surface area contributed by atoms with Gasteiger partial charge in [0.15, 0.2) is 0 Å². The molecular formula is C15H19NO2. The van der Waals surface area contributed by atoms with Gasteiger partial charge in [-0.3, -0.25) is 0 Å². The molecule has 0 saturated heterocycles. The van der Waals surface area contributed by atoms with E-state index in [2.05, 4.69) is 24.1 Å². The molecule has 0 radical (unpaired) electrons. The van der Waals surface area contributed by atoms with Crippen LogP contribution in [-0.2, 0) is 4.79 Å². The fraction of sp³-hybridized carbons (Fsp3) is 0.400. The third-order valence-electron chi connectivity index (χ3n) is 3.69. The van der Waals surface area contributed by atoms with Crippen LogP contribution in [0, 0.1) is 6.92 Å². The predicted octanol–water partition coefficient (Wildman–Crippen LogP) is 3.08. The molecule has 1 fully saturated rings. The third-order valence-corrected chi connectivity index (χ3v) is 3.69. The van der Waals surface area contributed by atoms with Gasteiger partial charge in [-0.25, -0.2) is 4.79 Å². The number of carboxylic acid groups (broad SMARTS) is 1. The van der Waals surface area contributed by atoms with Gasteiger partial charge in [0.2, 0.25) is 0 Å². The SMILES string of the molecule is Cc1cc(N(C)C2CCC2)ccc1/C=C/C(=O)O. The number of hydrogen-bond acceptors (Lipinski definition) is 2. The van der Waals surface area contributed by atoms with E-state index in [0.29, 0.717) is 6.04 Å². The summed E-state index contributed by atoms with van der Waals surface area (Å²) >= 11 is 0. The molecule has 0 amide bonds. The molecule has 1 aliphatic rings. The van der Waals surface area contributed by atoms with Crippen molar-refractivity contribution in [2.24, 2.45) is 0 Å². The average molecular weight is 245 g/mol. The Morgan fingerprint density at radius 2 is 2.17 bits per heavy atom. The highest BCUT2D eigenvalue weighted by Crippen LogP contribution is 2.29. The summed E-state index contributed by atoms with van der Waals surface area (Å²) in [5.74, 6) is -0.912. The summed E-state index contributed by atoms with van der Waals surface area (Å²) in [5, 5.41) is 8.63. The highest BCUT2D eigenvalue weighted by atomic mass is 16.4. The van der Waals surface area contributed by atoms with E-state index in [1.807, 2.05) is 13.0 Å². The zero-order valence-corrected chi connectivity index (χ0v) is 10.9. The van der Waals surface area contributed by atoms with Gasteiger partial charge >= 0.3 is 5.97 Å². The van der Waals surface area contributed by atoms with Crippen LogP contribution in [0.1, 0.15) is 30.4 Å². The first-order chi connectivity index (χ1) is 8.58. The van der Waals surface area contributed by atoms with E-state index in [-0.39, 0.29) is 0 Å². The van der Waals surface area contributed by atoms with Crippen molar-refractivity contribution in [3.8, 4) is 0 Å². The molecule has 0 unspecified atom stereocenters. The average Bonchev–Trinajstić information content (AvgIpc) is 2.24. The Hall–Kier alpha value is -1.77. The van der Waals surface area contributed by atoms with Crippen molar-refractivity contribution in [1.29, 1.82) is 0 Å². The van der Waals surface area contributed by atoms with Crippen LogP contribution in [0.15, 0.2) is 24.3 Å². The summed E-state index contributed by atoms with van der Waals surface area (Å²) in [4.78, 5) is 12.8. The van der Waals surface area contributed by atoms with E-state index in [4.69, 9.17) is 5.11 Å². The number of hydrogen-bond donors (Lipinski definition) is 1. The Morgan fingerprint density at radius 1 is 1.44 bits per heavy atom. The van der Waals surface area contributed by atoms with E-state index >= 15 is 0 Å². The second-order valence-corrected chi connectivity index (χ2v) is 4.91. The summed E-state index contributed by atoms with van der Waals surface area (Å²) in [5.41, 5.74) is 3.28. The summed E-state index contributed by atoms with van der Waals surface area (Å²) in [6.45, 7) is 2.01. The second-order valence-electron chi connectivity index (χ2n) is 4.91. The molecular weight excluding hydrogens is 226 g/mol. The lowest BCUT2D eigenvalue weighted by Gasteiger charge is -2.36. The standard InChI is InChI=1S/C15H19NO2/c1-11-10-14(16(2)13-4-3-5-13)8-6-12(11)7-9-15(17)18/h6-10,13H,3-5H2,1-2H3,(H,17,18)/b9-7+. The lowest BCUT2D eigenvalue weighted by Crippen LogP contribution is -2.37. The quantitative estimate of drug-likeness (QED) is 0.829. The monoisotopic (exact) mass is 245 g/mol. The van der Waals surface area contributed by atoms with Crippen molar-refractivity contribution in [3.63, 3.8) is 0 Å². The summed E-state index contributed by atoms with van der Waals surface area (Å²) in [7, 11) is 2.13. The summed E-state index contributed by atoms with van der Waals surface area (Å²) < 4.78 is 0. The molecule has 1 aliphatic carbocycles. The summed E-state index contributed by atoms with van der Waals surface area (Å²) in [6.07, 6.45) is 6.70. The molecule has 1 N–H and O–H groups in total. The van der Waals surface area contributed by atoms with Crippen LogP contribution in [0.25, 0.3) is 6.08 Å². The molecule has 1 saturated carbocycles. The van der Waals surface area contributed by atoms with Crippen LogP contribution < -0.4 is 4.90 Å². The zero-order valence-electron chi connectivity index (χ0n) is 10.9. The number of aryl methyl sites for hydroxylation is 1. The minimum absolute atomic E-state index is 0.671. The smallest absolute Gasteiger partial charge is 0.328 e.